The molecule has 1 unspecified atom stereocenters. The van der Waals surface area contributed by atoms with Gasteiger partial charge in [0.2, 0.25) is 0 Å². The van der Waals surface area contributed by atoms with Gasteiger partial charge in [0.1, 0.15) is 17.2 Å². The number of carbonyl (C=O) groups excluding carboxylic acids is 1. The Balaban J connectivity index is 1.97. The summed E-state index contributed by atoms with van der Waals surface area (Å²) in [6.07, 6.45) is -0.641. The van der Waals surface area contributed by atoms with Crippen molar-refractivity contribution in [3.8, 4) is 17.2 Å². The van der Waals surface area contributed by atoms with Gasteiger partial charge in [0, 0.05) is 0 Å². The van der Waals surface area contributed by atoms with Gasteiger partial charge >= 0.3 is 0 Å². The predicted molar refractivity (Wildman–Crippen MR) is 93.9 cm³/mol. The lowest BCUT2D eigenvalue weighted by molar-refractivity contribution is -0.122. The average molecular weight is 329 g/mol. The van der Waals surface area contributed by atoms with Crippen molar-refractivity contribution in [3.63, 3.8) is 0 Å². The van der Waals surface area contributed by atoms with E-state index in [2.05, 4.69) is 5.32 Å². The normalized spacial score (nSPS) is 11.5. The SMILES string of the molecule is CCOc1ccc(OC(C)C(=O)Nc2ccccc2OCC)cc1. The van der Waals surface area contributed by atoms with Crippen molar-refractivity contribution in [1.82, 2.24) is 0 Å². The number of anilines is 1. The molecule has 2 aromatic carbocycles. The number of nitrogens with one attached hydrogen (secondary N) is 1. The standard InChI is InChI=1S/C19H23NO4/c1-4-22-15-10-12-16(13-11-15)24-14(3)19(21)20-17-8-6-7-9-18(17)23-5-2/h6-14H,4-5H2,1-3H3,(H,20,21). The van der Waals surface area contributed by atoms with E-state index in [0.717, 1.165) is 5.75 Å². The van der Waals surface area contributed by atoms with Crippen LogP contribution in [0.25, 0.3) is 0 Å². The van der Waals surface area contributed by atoms with Gasteiger partial charge in [0.05, 0.1) is 18.9 Å². The average Bonchev–Trinajstić information content (AvgIpc) is 2.59. The van der Waals surface area contributed by atoms with Crippen molar-refractivity contribution in [2.24, 2.45) is 0 Å². The van der Waals surface area contributed by atoms with Crippen LogP contribution in [0.1, 0.15) is 20.8 Å². The Morgan fingerprint density at radius 1 is 0.958 bits per heavy atom. The molecule has 1 amide bonds. The van der Waals surface area contributed by atoms with Crippen LogP contribution in [0.2, 0.25) is 0 Å². The molecule has 0 saturated carbocycles. The minimum atomic E-state index is -0.641. The van der Waals surface area contributed by atoms with Crippen LogP contribution in [0.5, 0.6) is 17.2 Å². The van der Waals surface area contributed by atoms with Crippen LogP contribution in [0.15, 0.2) is 48.5 Å². The molecule has 0 saturated heterocycles. The number of carbonyl (C=O) groups is 1. The van der Waals surface area contributed by atoms with Crippen molar-refractivity contribution in [2.45, 2.75) is 26.9 Å². The molecular weight excluding hydrogens is 306 g/mol. The van der Waals surface area contributed by atoms with Crippen LogP contribution in [-0.2, 0) is 4.79 Å². The van der Waals surface area contributed by atoms with Gasteiger partial charge in [-0.1, -0.05) is 12.1 Å². The molecule has 1 atom stereocenters. The van der Waals surface area contributed by atoms with Crippen LogP contribution in [0.4, 0.5) is 5.69 Å². The van der Waals surface area contributed by atoms with E-state index < -0.39 is 6.10 Å². The summed E-state index contributed by atoms with van der Waals surface area (Å²) >= 11 is 0. The lowest BCUT2D eigenvalue weighted by Gasteiger charge is -2.16. The molecule has 0 bridgehead atoms. The number of rotatable bonds is 8. The summed E-state index contributed by atoms with van der Waals surface area (Å²) in [5.74, 6) is 1.78. The van der Waals surface area contributed by atoms with Crippen LogP contribution in [0, 0.1) is 0 Å². The second-order valence-electron chi connectivity index (χ2n) is 5.08. The molecule has 0 aliphatic rings. The summed E-state index contributed by atoms with van der Waals surface area (Å²) < 4.78 is 16.6. The third kappa shape index (κ3) is 4.91. The van der Waals surface area contributed by atoms with Crippen molar-refractivity contribution >= 4 is 11.6 Å². The maximum Gasteiger partial charge on any atom is 0.265 e. The zero-order chi connectivity index (χ0) is 17.4. The molecule has 1 N–H and O–H groups in total. The van der Waals surface area contributed by atoms with Crippen LogP contribution in [0.3, 0.4) is 0 Å². The van der Waals surface area contributed by atoms with Gasteiger partial charge in [-0.05, 0) is 57.2 Å². The highest BCUT2D eigenvalue weighted by atomic mass is 16.5. The minimum Gasteiger partial charge on any atom is -0.494 e. The molecule has 2 aromatic rings. The number of para-hydroxylation sites is 2. The van der Waals surface area contributed by atoms with Crippen molar-refractivity contribution in [2.75, 3.05) is 18.5 Å². The molecule has 5 heteroatoms. The number of hydrogen-bond acceptors (Lipinski definition) is 4. The van der Waals surface area contributed by atoms with Crippen molar-refractivity contribution < 1.29 is 19.0 Å². The van der Waals surface area contributed by atoms with Gasteiger partial charge in [0.15, 0.2) is 6.10 Å². The fourth-order valence-electron chi connectivity index (χ4n) is 2.12. The Morgan fingerprint density at radius 2 is 1.58 bits per heavy atom. The zero-order valence-electron chi connectivity index (χ0n) is 14.2. The summed E-state index contributed by atoms with van der Waals surface area (Å²) in [6.45, 7) is 6.67. The fourth-order valence-corrected chi connectivity index (χ4v) is 2.12. The molecular formula is C19H23NO4. The molecule has 0 radical (unpaired) electrons. The topological polar surface area (TPSA) is 56.8 Å². The molecule has 0 aromatic heterocycles. The van der Waals surface area contributed by atoms with E-state index in [4.69, 9.17) is 14.2 Å². The second-order valence-corrected chi connectivity index (χ2v) is 5.08. The molecule has 24 heavy (non-hydrogen) atoms. The van der Waals surface area contributed by atoms with Gasteiger partial charge in [-0.2, -0.15) is 0 Å². The quantitative estimate of drug-likeness (QED) is 0.798. The van der Waals surface area contributed by atoms with Crippen LogP contribution in [-0.4, -0.2) is 25.2 Å². The maximum absolute atomic E-state index is 12.3. The first-order valence-corrected chi connectivity index (χ1v) is 8.06. The molecule has 0 heterocycles. The summed E-state index contributed by atoms with van der Waals surface area (Å²) in [6, 6.07) is 14.5. The summed E-state index contributed by atoms with van der Waals surface area (Å²) in [4.78, 5) is 12.3. The monoisotopic (exact) mass is 329 g/mol. The number of hydrogen-bond donors (Lipinski definition) is 1. The summed E-state index contributed by atoms with van der Waals surface area (Å²) in [5, 5.41) is 2.83. The second kappa shape index (κ2) is 8.82. The first-order chi connectivity index (χ1) is 11.6. The van der Waals surface area contributed by atoms with Gasteiger partial charge in [-0.25, -0.2) is 0 Å². The number of benzene rings is 2. The molecule has 0 aliphatic carbocycles. The van der Waals surface area contributed by atoms with E-state index in [-0.39, 0.29) is 5.91 Å². The molecule has 128 valence electrons. The highest BCUT2D eigenvalue weighted by molar-refractivity contribution is 5.95. The third-order valence-corrected chi connectivity index (χ3v) is 3.26. The number of ether oxygens (including phenoxy) is 3. The molecule has 0 fully saturated rings. The molecule has 5 nitrogen and oxygen atoms in total. The largest absolute Gasteiger partial charge is 0.494 e. The predicted octanol–water partition coefficient (Wildman–Crippen LogP) is 3.89. The minimum absolute atomic E-state index is 0.240. The lowest BCUT2D eigenvalue weighted by atomic mass is 10.2. The Labute approximate surface area is 142 Å². The fraction of sp³-hybridized carbons (Fsp3) is 0.316. The maximum atomic E-state index is 12.3. The Morgan fingerprint density at radius 3 is 2.25 bits per heavy atom. The molecule has 0 spiro atoms. The van der Waals surface area contributed by atoms with Crippen molar-refractivity contribution in [1.29, 1.82) is 0 Å². The van der Waals surface area contributed by atoms with E-state index in [0.29, 0.717) is 30.4 Å². The van der Waals surface area contributed by atoms with E-state index >= 15 is 0 Å². The first kappa shape index (κ1) is 17.7. The summed E-state index contributed by atoms with van der Waals surface area (Å²) in [5.41, 5.74) is 0.631. The smallest absolute Gasteiger partial charge is 0.265 e. The van der Waals surface area contributed by atoms with Crippen LogP contribution < -0.4 is 19.5 Å². The van der Waals surface area contributed by atoms with Gasteiger partial charge in [-0.15, -0.1) is 0 Å². The lowest BCUT2D eigenvalue weighted by Crippen LogP contribution is -2.30. The molecule has 0 aliphatic heterocycles. The Hall–Kier alpha value is -2.69. The zero-order valence-corrected chi connectivity index (χ0v) is 14.2. The third-order valence-electron chi connectivity index (χ3n) is 3.26. The Kier molecular flexibility index (Phi) is 6.49. The van der Waals surface area contributed by atoms with E-state index in [1.165, 1.54) is 0 Å². The van der Waals surface area contributed by atoms with E-state index in [1.807, 2.05) is 44.2 Å². The van der Waals surface area contributed by atoms with E-state index in [1.54, 1.807) is 25.1 Å². The Bertz CT molecular complexity index is 655. The highest BCUT2D eigenvalue weighted by Crippen LogP contribution is 2.24. The van der Waals surface area contributed by atoms with Gasteiger partial charge < -0.3 is 19.5 Å². The van der Waals surface area contributed by atoms with Crippen LogP contribution >= 0.6 is 0 Å². The number of amides is 1. The van der Waals surface area contributed by atoms with Gasteiger partial charge in [-0.3, -0.25) is 4.79 Å². The summed E-state index contributed by atoms with van der Waals surface area (Å²) in [7, 11) is 0. The first-order valence-electron chi connectivity index (χ1n) is 8.06. The van der Waals surface area contributed by atoms with E-state index in [9.17, 15) is 4.79 Å². The molecule has 2 rings (SSSR count). The van der Waals surface area contributed by atoms with Gasteiger partial charge in [0.25, 0.3) is 5.91 Å². The highest BCUT2D eigenvalue weighted by Gasteiger charge is 2.16. The van der Waals surface area contributed by atoms with Crippen molar-refractivity contribution in [3.05, 3.63) is 48.5 Å².